The number of hydrogen-bond acceptors (Lipinski definition) is 4. The van der Waals surface area contributed by atoms with Crippen molar-refractivity contribution in [3.8, 4) is 0 Å². The van der Waals surface area contributed by atoms with Gasteiger partial charge in [0, 0.05) is 11.1 Å². The Kier molecular flexibility index (Phi) is 2.99. The second kappa shape index (κ2) is 4.45. The molecule has 5 nitrogen and oxygen atoms in total. The normalized spacial score (nSPS) is 11.0. The van der Waals surface area contributed by atoms with Gasteiger partial charge < -0.3 is 10.5 Å². The zero-order valence-electron chi connectivity index (χ0n) is 9.88. The average Bonchev–Trinajstić information content (AvgIpc) is 2.71. The quantitative estimate of drug-likeness (QED) is 0.808. The monoisotopic (exact) mass is 233 g/mol. The van der Waals surface area contributed by atoms with E-state index in [-0.39, 0.29) is 0 Å². The van der Waals surface area contributed by atoms with Crippen LogP contribution >= 0.6 is 0 Å². The molecule has 17 heavy (non-hydrogen) atoms. The van der Waals surface area contributed by atoms with Gasteiger partial charge in [-0.1, -0.05) is 19.9 Å². The van der Waals surface area contributed by atoms with Crippen molar-refractivity contribution in [1.29, 1.82) is 0 Å². The third kappa shape index (κ3) is 2.22. The first kappa shape index (κ1) is 11.4. The van der Waals surface area contributed by atoms with Gasteiger partial charge in [0.2, 0.25) is 0 Å². The Morgan fingerprint density at radius 1 is 1.53 bits per heavy atom. The third-order valence-corrected chi connectivity index (χ3v) is 2.36. The summed E-state index contributed by atoms with van der Waals surface area (Å²) in [4.78, 5) is 11.8. The van der Waals surface area contributed by atoms with Gasteiger partial charge >= 0.3 is 6.09 Å². The van der Waals surface area contributed by atoms with Crippen molar-refractivity contribution in [2.24, 2.45) is 5.92 Å². The highest BCUT2D eigenvalue weighted by Gasteiger charge is 2.13. The predicted molar refractivity (Wildman–Crippen MR) is 65.7 cm³/mol. The third-order valence-electron chi connectivity index (χ3n) is 2.36. The summed E-state index contributed by atoms with van der Waals surface area (Å²) in [7, 11) is 0. The van der Waals surface area contributed by atoms with E-state index in [1.807, 2.05) is 13.8 Å². The van der Waals surface area contributed by atoms with E-state index in [1.165, 1.54) is 4.68 Å². The number of ether oxygens (including phenoxy) is 1. The van der Waals surface area contributed by atoms with E-state index in [2.05, 4.69) is 5.10 Å². The number of nitrogen functional groups attached to an aromatic ring is 1. The van der Waals surface area contributed by atoms with Crippen molar-refractivity contribution >= 4 is 22.7 Å². The summed E-state index contributed by atoms with van der Waals surface area (Å²) in [5.41, 5.74) is 7.05. The Balaban J connectivity index is 2.30. The molecule has 0 radical (unpaired) electrons. The standard InChI is InChI=1S/C12H15N3O2/c1-8(2)7-17-12(16)15-11-5-3-4-10(13)9(11)6-14-15/h3-6,8H,7,13H2,1-2H3. The van der Waals surface area contributed by atoms with E-state index in [0.29, 0.717) is 23.7 Å². The number of nitrogens with zero attached hydrogens (tertiary/aromatic N) is 2. The molecular weight excluding hydrogens is 218 g/mol. The molecule has 0 spiro atoms. The number of aromatic nitrogens is 2. The van der Waals surface area contributed by atoms with E-state index in [4.69, 9.17) is 10.5 Å². The second-order valence-corrected chi connectivity index (χ2v) is 4.31. The van der Waals surface area contributed by atoms with Crippen LogP contribution in [0, 0.1) is 5.92 Å². The molecule has 0 aliphatic carbocycles. The fraction of sp³-hybridized carbons (Fsp3) is 0.333. The molecule has 0 unspecified atom stereocenters. The van der Waals surface area contributed by atoms with Crippen LogP contribution in [0.2, 0.25) is 0 Å². The number of benzene rings is 1. The number of nitrogens with two attached hydrogens (primary N) is 1. The Hall–Kier alpha value is -2.04. The molecule has 0 aliphatic rings. The molecule has 0 atom stereocenters. The molecule has 0 aliphatic heterocycles. The van der Waals surface area contributed by atoms with Gasteiger partial charge in [-0.25, -0.2) is 4.79 Å². The van der Waals surface area contributed by atoms with Crippen molar-refractivity contribution in [3.05, 3.63) is 24.4 Å². The maximum atomic E-state index is 11.8. The van der Waals surface area contributed by atoms with E-state index >= 15 is 0 Å². The number of anilines is 1. The molecule has 5 heteroatoms. The second-order valence-electron chi connectivity index (χ2n) is 4.31. The molecule has 1 heterocycles. The number of carbonyl (C=O) groups excluding carboxylic acids is 1. The summed E-state index contributed by atoms with van der Waals surface area (Å²) in [6, 6.07) is 5.34. The van der Waals surface area contributed by atoms with Crippen LogP contribution in [0.4, 0.5) is 10.5 Å². The maximum absolute atomic E-state index is 11.8. The van der Waals surface area contributed by atoms with Gasteiger partial charge in [0.25, 0.3) is 0 Å². The summed E-state index contributed by atoms with van der Waals surface area (Å²) < 4.78 is 6.35. The van der Waals surface area contributed by atoms with Crippen LogP contribution < -0.4 is 5.73 Å². The Labute approximate surface area is 99.2 Å². The first-order valence-corrected chi connectivity index (χ1v) is 5.49. The van der Waals surface area contributed by atoms with Gasteiger partial charge in [0.15, 0.2) is 0 Å². The molecule has 0 bridgehead atoms. The zero-order valence-corrected chi connectivity index (χ0v) is 9.88. The maximum Gasteiger partial charge on any atom is 0.435 e. The molecule has 1 aromatic carbocycles. The molecule has 0 saturated carbocycles. The summed E-state index contributed by atoms with van der Waals surface area (Å²) in [5.74, 6) is 0.297. The minimum Gasteiger partial charge on any atom is -0.448 e. The molecule has 2 rings (SSSR count). The van der Waals surface area contributed by atoms with Crippen molar-refractivity contribution in [3.63, 3.8) is 0 Å². The first-order valence-electron chi connectivity index (χ1n) is 5.49. The first-order chi connectivity index (χ1) is 8.09. The Morgan fingerprint density at radius 2 is 2.29 bits per heavy atom. The highest BCUT2D eigenvalue weighted by Crippen LogP contribution is 2.20. The molecule has 1 aromatic heterocycles. The van der Waals surface area contributed by atoms with Crippen molar-refractivity contribution in [1.82, 2.24) is 9.78 Å². The van der Waals surface area contributed by atoms with E-state index in [1.54, 1.807) is 24.4 Å². The van der Waals surface area contributed by atoms with Crippen molar-refractivity contribution in [2.45, 2.75) is 13.8 Å². The van der Waals surface area contributed by atoms with Gasteiger partial charge in [0.05, 0.1) is 18.3 Å². The van der Waals surface area contributed by atoms with Crippen LogP contribution in [0.25, 0.3) is 10.9 Å². The molecule has 0 amide bonds. The van der Waals surface area contributed by atoms with E-state index in [9.17, 15) is 4.79 Å². The van der Waals surface area contributed by atoms with Gasteiger partial charge in [-0.3, -0.25) is 0 Å². The zero-order chi connectivity index (χ0) is 12.4. The minimum atomic E-state index is -0.473. The lowest BCUT2D eigenvalue weighted by Gasteiger charge is -2.07. The Morgan fingerprint density at radius 3 is 3.00 bits per heavy atom. The molecule has 0 saturated heterocycles. The number of hydrogen-bond donors (Lipinski definition) is 1. The molecule has 90 valence electrons. The molecular formula is C12H15N3O2. The van der Waals surface area contributed by atoms with E-state index < -0.39 is 6.09 Å². The summed E-state index contributed by atoms with van der Waals surface area (Å²) in [6.07, 6.45) is 1.10. The van der Waals surface area contributed by atoms with Crippen molar-refractivity contribution < 1.29 is 9.53 Å². The lowest BCUT2D eigenvalue weighted by atomic mass is 10.2. The minimum absolute atomic E-state index is 0.297. The van der Waals surface area contributed by atoms with Crippen LogP contribution in [0.5, 0.6) is 0 Å². The SMILES string of the molecule is CC(C)COC(=O)n1ncc2c(N)cccc21. The van der Waals surface area contributed by atoms with Crippen LogP contribution in [-0.4, -0.2) is 22.5 Å². The lowest BCUT2D eigenvalue weighted by Crippen LogP contribution is -2.17. The highest BCUT2D eigenvalue weighted by molar-refractivity contribution is 5.94. The number of fused-ring (bicyclic) bond motifs is 1. The summed E-state index contributed by atoms with van der Waals surface area (Å²) >= 11 is 0. The number of carbonyl (C=O) groups is 1. The fourth-order valence-corrected chi connectivity index (χ4v) is 1.52. The summed E-state index contributed by atoms with van der Waals surface area (Å²) in [6.45, 7) is 4.33. The van der Waals surface area contributed by atoms with Crippen LogP contribution in [0.1, 0.15) is 13.8 Å². The highest BCUT2D eigenvalue weighted by atomic mass is 16.6. The predicted octanol–water partition coefficient (Wildman–Crippen LogP) is 2.26. The largest absolute Gasteiger partial charge is 0.448 e. The number of rotatable bonds is 2. The average molecular weight is 233 g/mol. The summed E-state index contributed by atoms with van der Waals surface area (Å²) in [5, 5.41) is 4.75. The van der Waals surface area contributed by atoms with Crippen molar-refractivity contribution in [2.75, 3.05) is 12.3 Å². The van der Waals surface area contributed by atoms with Gasteiger partial charge in [-0.2, -0.15) is 9.78 Å². The smallest absolute Gasteiger partial charge is 0.435 e. The van der Waals surface area contributed by atoms with E-state index in [0.717, 1.165) is 5.39 Å². The van der Waals surface area contributed by atoms with Gasteiger partial charge in [0.1, 0.15) is 0 Å². The lowest BCUT2D eigenvalue weighted by molar-refractivity contribution is 0.132. The van der Waals surface area contributed by atoms with Crippen LogP contribution in [0.3, 0.4) is 0 Å². The molecule has 2 N–H and O–H groups in total. The molecule has 0 fully saturated rings. The fourth-order valence-electron chi connectivity index (χ4n) is 1.52. The Bertz CT molecular complexity index is 546. The van der Waals surface area contributed by atoms with Gasteiger partial charge in [-0.05, 0) is 18.1 Å². The topological polar surface area (TPSA) is 70.1 Å². The van der Waals surface area contributed by atoms with Gasteiger partial charge in [-0.15, -0.1) is 0 Å². The molecule has 2 aromatic rings. The van der Waals surface area contributed by atoms with Crippen LogP contribution in [-0.2, 0) is 4.74 Å². The van der Waals surface area contributed by atoms with Crippen LogP contribution in [0.15, 0.2) is 24.4 Å².